The molecule has 0 bridgehead atoms. The Balaban J connectivity index is 1.86. The van der Waals surface area contributed by atoms with Gasteiger partial charge in [-0.15, -0.1) is 0 Å². The van der Waals surface area contributed by atoms with Crippen molar-refractivity contribution in [2.75, 3.05) is 6.61 Å². The number of hydrogen-bond acceptors (Lipinski definition) is 2. The van der Waals surface area contributed by atoms with Gasteiger partial charge in [0.1, 0.15) is 5.75 Å². The van der Waals surface area contributed by atoms with E-state index in [2.05, 4.69) is 19.1 Å². The third kappa shape index (κ3) is 4.02. The monoisotopic (exact) mass is 344 g/mol. The number of benzene rings is 3. The van der Waals surface area contributed by atoms with Crippen LogP contribution in [0.3, 0.4) is 0 Å². The van der Waals surface area contributed by atoms with E-state index in [1.807, 2.05) is 67.6 Å². The molecular weight excluding hydrogens is 320 g/mol. The first-order valence-corrected chi connectivity index (χ1v) is 9.18. The van der Waals surface area contributed by atoms with Gasteiger partial charge in [0.25, 0.3) is 0 Å². The van der Waals surface area contributed by atoms with Gasteiger partial charge in [-0.25, -0.2) is 0 Å². The maximum atomic E-state index is 12.9. The van der Waals surface area contributed by atoms with Crippen LogP contribution in [0.15, 0.2) is 72.8 Å². The number of ether oxygens (including phenoxy) is 1. The molecule has 0 amide bonds. The largest absolute Gasteiger partial charge is 0.494 e. The van der Waals surface area contributed by atoms with Crippen molar-refractivity contribution >= 4 is 5.78 Å². The zero-order chi connectivity index (χ0) is 18.4. The van der Waals surface area contributed by atoms with Gasteiger partial charge in [-0.05, 0) is 48.2 Å². The third-order valence-corrected chi connectivity index (χ3v) is 4.40. The first kappa shape index (κ1) is 17.9. The molecule has 0 saturated carbocycles. The molecule has 0 fully saturated rings. The van der Waals surface area contributed by atoms with Gasteiger partial charge in [-0.3, -0.25) is 4.79 Å². The second-order valence-corrected chi connectivity index (χ2v) is 6.28. The van der Waals surface area contributed by atoms with Crippen molar-refractivity contribution in [2.24, 2.45) is 0 Å². The normalized spacial score (nSPS) is 10.5. The lowest BCUT2D eigenvalue weighted by atomic mass is 9.97. The van der Waals surface area contributed by atoms with Gasteiger partial charge in [0.05, 0.1) is 6.61 Å². The first-order chi connectivity index (χ1) is 12.7. The summed E-state index contributed by atoms with van der Waals surface area (Å²) >= 11 is 0. The number of ketones is 1. The number of carbonyl (C=O) groups excluding carboxylic acids is 1. The first-order valence-electron chi connectivity index (χ1n) is 9.18. The highest BCUT2D eigenvalue weighted by Gasteiger charge is 2.12. The van der Waals surface area contributed by atoms with Crippen molar-refractivity contribution in [3.8, 4) is 16.9 Å². The topological polar surface area (TPSA) is 26.3 Å². The molecule has 26 heavy (non-hydrogen) atoms. The molecule has 0 N–H and O–H groups in total. The molecule has 0 radical (unpaired) electrons. The number of aryl methyl sites for hydroxylation is 1. The lowest BCUT2D eigenvalue weighted by Crippen LogP contribution is -2.04. The summed E-state index contributed by atoms with van der Waals surface area (Å²) in [5.74, 6) is 0.926. The highest BCUT2D eigenvalue weighted by Crippen LogP contribution is 2.25. The van der Waals surface area contributed by atoms with E-state index in [9.17, 15) is 4.79 Å². The Bertz CT molecular complexity index is 864. The molecule has 0 aromatic heterocycles. The molecule has 3 rings (SSSR count). The minimum absolute atomic E-state index is 0.0463. The highest BCUT2D eigenvalue weighted by molar-refractivity contribution is 6.09. The van der Waals surface area contributed by atoms with Gasteiger partial charge < -0.3 is 4.74 Å². The highest BCUT2D eigenvalue weighted by atomic mass is 16.5. The molecule has 0 aliphatic heterocycles. The van der Waals surface area contributed by atoms with Crippen LogP contribution in [0, 0.1) is 0 Å². The molecule has 0 heterocycles. The lowest BCUT2D eigenvalue weighted by Gasteiger charge is -2.11. The Morgan fingerprint density at radius 3 is 2.12 bits per heavy atom. The quantitative estimate of drug-likeness (QED) is 0.496. The third-order valence-electron chi connectivity index (χ3n) is 4.40. The van der Waals surface area contributed by atoms with E-state index >= 15 is 0 Å². The van der Waals surface area contributed by atoms with Crippen molar-refractivity contribution in [1.82, 2.24) is 0 Å². The summed E-state index contributed by atoms with van der Waals surface area (Å²) < 4.78 is 5.68. The van der Waals surface area contributed by atoms with Crippen LogP contribution in [0.5, 0.6) is 5.75 Å². The Morgan fingerprint density at radius 2 is 1.46 bits per heavy atom. The fraction of sp³-hybridized carbons (Fsp3) is 0.208. The Morgan fingerprint density at radius 1 is 0.808 bits per heavy atom. The summed E-state index contributed by atoms with van der Waals surface area (Å²) in [5, 5.41) is 0. The van der Waals surface area contributed by atoms with E-state index < -0.39 is 0 Å². The van der Waals surface area contributed by atoms with Gasteiger partial charge in [0.2, 0.25) is 0 Å². The van der Waals surface area contributed by atoms with Gasteiger partial charge >= 0.3 is 0 Å². The summed E-state index contributed by atoms with van der Waals surface area (Å²) in [6, 6.07) is 23.7. The summed E-state index contributed by atoms with van der Waals surface area (Å²) in [4.78, 5) is 12.9. The van der Waals surface area contributed by atoms with Crippen LogP contribution in [0.2, 0.25) is 0 Å². The molecule has 2 heteroatoms. The minimum Gasteiger partial charge on any atom is -0.494 e. The summed E-state index contributed by atoms with van der Waals surface area (Å²) in [6.45, 7) is 4.74. The molecule has 132 valence electrons. The maximum absolute atomic E-state index is 12.9. The lowest BCUT2D eigenvalue weighted by molar-refractivity contribution is 0.103. The van der Waals surface area contributed by atoms with E-state index in [1.54, 1.807) is 0 Å². The summed E-state index contributed by atoms with van der Waals surface area (Å²) in [7, 11) is 0. The van der Waals surface area contributed by atoms with Gasteiger partial charge in [0.15, 0.2) is 5.78 Å². The van der Waals surface area contributed by atoms with Crippen LogP contribution in [0.4, 0.5) is 0 Å². The molecule has 3 aromatic rings. The van der Waals surface area contributed by atoms with Crippen LogP contribution in [0.25, 0.3) is 11.1 Å². The standard InChI is InChI=1S/C24H24O2/c1-3-8-21-17-22(15-16-23(21)26-4-2)24(25)20-13-11-19(12-14-20)18-9-6-5-7-10-18/h5-7,9-17H,3-4,8H2,1-2H3. The van der Waals surface area contributed by atoms with Crippen molar-refractivity contribution in [3.63, 3.8) is 0 Å². The molecule has 0 saturated heterocycles. The Hall–Kier alpha value is -2.87. The van der Waals surface area contributed by atoms with Crippen molar-refractivity contribution < 1.29 is 9.53 Å². The fourth-order valence-corrected chi connectivity index (χ4v) is 3.09. The van der Waals surface area contributed by atoms with Crippen molar-refractivity contribution in [2.45, 2.75) is 26.7 Å². The van der Waals surface area contributed by atoms with Crippen LogP contribution < -0.4 is 4.74 Å². The minimum atomic E-state index is 0.0463. The van der Waals surface area contributed by atoms with E-state index in [1.165, 1.54) is 0 Å². The van der Waals surface area contributed by atoms with Gasteiger partial charge in [-0.1, -0.05) is 67.9 Å². The van der Waals surface area contributed by atoms with Crippen LogP contribution in [-0.2, 0) is 6.42 Å². The van der Waals surface area contributed by atoms with Crippen LogP contribution in [0.1, 0.15) is 41.8 Å². The van der Waals surface area contributed by atoms with E-state index in [-0.39, 0.29) is 5.78 Å². The van der Waals surface area contributed by atoms with E-state index in [0.717, 1.165) is 35.3 Å². The molecular formula is C24H24O2. The van der Waals surface area contributed by atoms with E-state index in [4.69, 9.17) is 4.74 Å². The van der Waals surface area contributed by atoms with Crippen molar-refractivity contribution in [3.05, 3.63) is 89.5 Å². The average Bonchev–Trinajstić information content (AvgIpc) is 2.70. The summed E-state index contributed by atoms with van der Waals surface area (Å²) in [5.41, 5.74) is 4.78. The smallest absolute Gasteiger partial charge is 0.193 e. The molecule has 2 nitrogen and oxygen atoms in total. The number of hydrogen-bond donors (Lipinski definition) is 0. The fourth-order valence-electron chi connectivity index (χ4n) is 3.09. The van der Waals surface area contributed by atoms with Gasteiger partial charge in [0, 0.05) is 11.1 Å². The SMILES string of the molecule is CCCc1cc(C(=O)c2ccc(-c3ccccc3)cc2)ccc1OCC. The van der Waals surface area contributed by atoms with Gasteiger partial charge in [-0.2, -0.15) is 0 Å². The second kappa shape index (κ2) is 8.48. The average molecular weight is 344 g/mol. The van der Waals surface area contributed by atoms with E-state index in [0.29, 0.717) is 17.7 Å². The zero-order valence-corrected chi connectivity index (χ0v) is 15.4. The number of rotatable bonds is 7. The predicted octanol–water partition coefficient (Wildman–Crippen LogP) is 5.94. The molecule has 0 unspecified atom stereocenters. The molecule has 3 aromatic carbocycles. The molecule has 0 atom stereocenters. The Kier molecular flexibility index (Phi) is 5.85. The molecule has 0 aliphatic carbocycles. The number of carbonyl (C=O) groups is 1. The van der Waals surface area contributed by atoms with Crippen LogP contribution in [-0.4, -0.2) is 12.4 Å². The maximum Gasteiger partial charge on any atom is 0.193 e. The Labute approximate surface area is 155 Å². The van der Waals surface area contributed by atoms with Crippen molar-refractivity contribution in [1.29, 1.82) is 0 Å². The molecule has 0 aliphatic rings. The predicted molar refractivity (Wildman–Crippen MR) is 107 cm³/mol. The zero-order valence-electron chi connectivity index (χ0n) is 15.4. The second-order valence-electron chi connectivity index (χ2n) is 6.28. The van der Waals surface area contributed by atoms with Crippen LogP contribution >= 0.6 is 0 Å². The molecule has 0 spiro atoms. The summed E-state index contributed by atoms with van der Waals surface area (Å²) in [6.07, 6.45) is 1.92.